The first-order chi connectivity index (χ1) is 12.0. The van der Waals surface area contributed by atoms with Crippen LogP contribution in [0.15, 0.2) is 54.6 Å². The van der Waals surface area contributed by atoms with E-state index < -0.39 is 24.0 Å². The lowest BCUT2D eigenvalue weighted by Crippen LogP contribution is -2.31. The molecule has 0 aliphatic carbocycles. The molecule has 0 bridgehead atoms. The number of carboxylic acid groups (broad SMARTS) is 1. The van der Waals surface area contributed by atoms with Gasteiger partial charge >= 0.3 is 18.2 Å². The number of carbonyl (C=O) groups is 3. The van der Waals surface area contributed by atoms with Gasteiger partial charge in [-0.05, 0) is 6.07 Å². The Kier molecular flexibility index (Phi) is 6.25. The number of carbonyl (C=O) groups excluding carboxylic acids is 2. The Morgan fingerprint density at radius 2 is 1.64 bits per heavy atom. The molecule has 1 unspecified atom stereocenters. The van der Waals surface area contributed by atoms with Crippen LogP contribution in [0.3, 0.4) is 0 Å². The molecular formula is C18H16O7. The molecule has 0 radical (unpaired) electrons. The molecule has 25 heavy (non-hydrogen) atoms. The van der Waals surface area contributed by atoms with E-state index in [1.54, 1.807) is 48.5 Å². The lowest BCUT2D eigenvalue weighted by Gasteiger charge is -2.16. The molecule has 1 N–H and O–H groups in total. The number of rotatable bonds is 8. The smallest absolute Gasteiger partial charge is 0.308 e. The highest BCUT2D eigenvalue weighted by Gasteiger charge is 2.26. The number of aliphatic carboxylic acids is 1. The van der Waals surface area contributed by atoms with E-state index in [0.29, 0.717) is 5.56 Å². The highest BCUT2D eigenvalue weighted by atomic mass is 17.2. The van der Waals surface area contributed by atoms with E-state index in [1.165, 1.54) is 6.07 Å². The van der Waals surface area contributed by atoms with Gasteiger partial charge in [-0.1, -0.05) is 48.5 Å². The van der Waals surface area contributed by atoms with Crippen LogP contribution < -0.4 is 4.89 Å². The number of ketones is 1. The van der Waals surface area contributed by atoms with Crippen LogP contribution in [-0.2, 0) is 25.6 Å². The second-order valence-corrected chi connectivity index (χ2v) is 5.03. The summed E-state index contributed by atoms with van der Waals surface area (Å²) in [6.07, 6.45) is -1.90. The first-order valence-corrected chi connectivity index (χ1v) is 7.37. The minimum atomic E-state index is -1.61. The van der Waals surface area contributed by atoms with Gasteiger partial charge in [0.15, 0.2) is 5.75 Å². The molecule has 0 aliphatic heterocycles. The van der Waals surface area contributed by atoms with Gasteiger partial charge in [0.1, 0.15) is 0 Å². The van der Waals surface area contributed by atoms with Crippen molar-refractivity contribution in [1.29, 1.82) is 0 Å². The number of esters is 1. The molecule has 0 aromatic heterocycles. The lowest BCUT2D eigenvalue weighted by molar-refractivity contribution is -0.290. The Bertz CT molecular complexity index is 755. The van der Waals surface area contributed by atoms with Crippen LogP contribution in [0, 0.1) is 0 Å². The van der Waals surface area contributed by atoms with E-state index in [1.807, 2.05) is 0 Å². The molecule has 7 heteroatoms. The minimum absolute atomic E-state index is 0.114. The van der Waals surface area contributed by atoms with Crippen molar-refractivity contribution in [2.75, 3.05) is 0 Å². The monoisotopic (exact) mass is 344 g/mol. The first-order valence-electron chi connectivity index (χ1n) is 7.37. The highest BCUT2D eigenvalue weighted by Crippen LogP contribution is 2.20. The largest absolute Gasteiger partial charge is 0.481 e. The van der Waals surface area contributed by atoms with Gasteiger partial charge in [-0.25, -0.2) is 0 Å². The summed E-state index contributed by atoms with van der Waals surface area (Å²) < 4.78 is 4.86. The van der Waals surface area contributed by atoms with Crippen molar-refractivity contribution in [1.82, 2.24) is 0 Å². The summed E-state index contributed by atoms with van der Waals surface area (Å²) in [5.74, 6) is -2.26. The zero-order valence-electron chi connectivity index (χ0n) is 13.4. The summed E-state index contributed by atoms with van der Waals surface area (Å²) in [5.41, 5.74) is 0.625. The van der Waals surface area contributed by atoms with Gasteiger partial charge in [-0.3, -0.25) is 14.4 Å². The zero-order chi connectivity index (χ0) is 18.2. The molecule has 0 saturated heterocycles. The summed E-state index contributed by atoms with van der Waals surface area (Å²) in [6, 6.07) is 14.4. The zero-order valence-corrected chi connectivity index (χ0v) is 13.4. The van der Waals surface area contributed by atoms with Crippen LogP contribution in [-0.4, -0.2) is 29.1 Å². The molecule has 0 amide bonds. The second-order valence-electron chi connectivity index (χ2n) is 5.03. The molecule has 0 aliphatic rings. The van der Waals surface area contributed by atoms with E-state index in [-0.39, 0.29) is 17.7 Å². The molecule has 0 saturated carbocycles. The molecule has 2 rings (SSSR count). The van der Waals surface area contributed by atoms with Gasteiger partial charge in [0.05, 0.1) is 6.42 Å². The van der Waals surface area contributed by atoms with Crippen molar-refractivity contribution in [2.24, 2.45) is 0 Å². The molecule has 0 fully saturated rings. The molecule has 2 aromatic rings. The fourth-order valence-electron chi connectivity index (χ4n) is 2.00. The van der Waals surface area contributed by atoms with Crippen LogP contribution in [0.4, 0.5) is 0 Å². The van der Waals surface area contributed by atoms with Crippen LogP contribution >= 0.6 is 0 Å². The van der Waals surface area contributed by atoms with Gasteiger partial charge < -0.3 is 14.7 Å². The number of hydrogen-bond donors (Lipinski definition) is 1. The van der Waals surface area contributed by atoms with Gasteiger partial charge in [0.25, 0.3) is 0 Å². The topological polar surface area (TPSA) is 99.1 Å². The summed E-state index contributed by atoms with van der Waals surface area (Å²) in [5, 5.41) is 8.90. The van der Waals surface area contributed by atoms with Gasteiger partial charge in [-0.15, -0.1) is 4.89 Å². The average molecular weight is 344 g/mol. The Hall–Kier alpha value is -3.19. The number of hydrogen-bond acceptors (Lipinski definition) is 6. The molecule has 130 valence electrons. The number of para-hydroxylation sites is 1. The van der Waals surface area contributed by atoms with Crippen LogP contribution in [0.25, 0.3) is 0 Å². The van der Waals surface area contributed by atoms with Gasteiger partial charge in [-0.2, -0.15) is 0 Å². The first kappa shape index (κ1) is 18.2. The van der Waals surface area contributed by atoms with E-state index in [4.69, 9.17) is 19.6 Å². The predicted molar refractivity (Wildman–Crippen MR) is 85.8 cm³/mol. The molecule has 7 nitrogen and oxygen atoms in total. The van der Waals surface area contributed by atoms with Gasteiger partial charge in [0.2, 0.25) is 5.78 Å². The quantitative estimate of drug-likeness (QED) is 0.258. The molecule has 0 spiro atoms. The number of carboxylic acids is 1. The van der Waals surface area contributed by atoms with Crippen molar-refractivity contribution < 1.29 is 34.0 Å². The average Bonchev–Trinajstić information content (AvgIpc) is 2.59. The predicted octanol–water partition coefficient (Wildman–Crippen LogP) is 2.40. The molecule has 0 heterocycles. The third-order valence-electron chi connectivity index (χ3n) is 3.08. The van der Waals surface area contributed by atoms with E-state index in [9.17, 15) is 14.4 Å². The summed E-state index contributed by atoms with van der Waals surface area (Å²) in [7, 11) is 0. The fourth-order valence-corrected chi connectivity index (χ4v) is 2.00. The highest BCUT2D eigenvalue weighted by molar-refractivity contribution is 5.99. The van der Waals surface area contributed by atoms with Gasteiger partial charge in [0, 0.05) is 18.1 Å². The van der Waals surface area contributed by atoms with E-state index >= 15 is 0 Å². The third-order valence-corrected chi connectivity index (χ3v) is 3.08. The van der Waals surface area contributed by atoms with Crippen molar-refractivity contribution in [3.05, 3.63) is 65.7 Å². The minimum Gasteiger partial charge on any atom is -0.481 e. The number of ether oxygens (including phenoxy) is 1. The van der Waals surface area contributed by atoms with Crippen molar-refractivity contribution in [3.63, 3.8) is 0 Å². The van der Waals surface area contributed by atoms with E-state index in [2.05, 4.69) is 0 Å². The molecule has 2 aromatic carbocycles. The van der Waals surface area contributed by atoms with Crippen LogP contribution in [0.5, 0.6) is 5.75 Å². The standard InChI is InChI=1S/C18H16O7/c1-12(19)23-18(17(22)13-7-3-2-4-8-13)25-24-15-10-6-5-9-14(15)11-16(20)21/h2-10,18H,11H2,1H3,(H,20,21). The normalized spacial score (nSPS) is 11.4. The maximum atomic E-state index is 12.4. The maximum absolute atomic E-state index is 12.4. The van der Waals surface area contributed by atoms with Crippen molar-refractivity contribution >= 4 is 17.7 Å². The Labute approximate surface area is 143 Å². The fraction of sp³-hybridized carbons (Fsp3) is 0.167. The molecular weight excluding hydrogens is 328 g/mol. The molecule has 1 atom stereocenters. The Balaban J connectivity index is 2.14. The Morgan fingerprint density at radius 3 is 2.28 bits per heavy atom. The van der Waals surface area contributed by atoms with Crippen molar-refractivity contribution in [2.45, 2.75) is 19.6 Å². The number of benzene rings is 2. The number of Topliss-reactive ketones (excluding diaryl/α,β-unsaturated/α-hetero) is 1. The second kappa shape index (κ2) is 8.60. The maximum Gasteiger partial charge on any atom is 0.308 e. The summed E-state index contributed by atoms with van der Waals surface area (Å²) in [4.78, 5) is 44.6. The van der Waals surface area contributed by atoms with Crippen LogP contribution in [0.1, 0.15) is 22.8 Å². The lowest BCUT2D eigenvalue weighted by atomic mass is 10.1. The Morgan fingerprint density at radius 1 is 1.00 bits per heavy atom. The van der Waals surface area contributed by atoms with Crippen LogP contribution in [0.2, 0.25) is 0 Å². The SMILES string of the molecule is CC(=O)OC(OOc1ccccc1CC(=O)O)C(=O)c1ccccc1. The van der Waals surface area contributed by atoms with E-state index in [0.717, 1.165) is 6.92 Å². The summed E-state index contributed by atoms with van der Waals surface area (Å²) in [6.45, 7) is 1.13. The van der Waals surface area contributed by atoms with Crippen molar-refractivity contribution in [3.8, 4) is 5.75 Å². The summed E-state index contributed by atoms with van der Waals surface area (Å²) >= 11 is 0. The third kappa shape index (κ3) is 5.43.